The maximum atomic E-state index is 10.7. The van der Waals surface area contributed by atoms with E-state index in [0.717, 1.165) is 14.9 Å². The SMILES string of the molecule is CSc1cc(Br)cc(CC(C)C(=O)O)c1. The highest BCUT2D eigenvalue weighted by Gasteiger charge is 2.12. The summed E-state index contributed by atoms with van der Waals surface area (Å²) in [5, 5.41) is 8.82. The molecule has 82 valence electrons. The highest BCUT2D eigenvalue weighted by molar-refractivity contribution is 9.10. The first-order valence-corrected chi connectivity index (χ1v) is 6.61. The predicted molar refractivity (Wildman–Crippen MR) is 66.4 cm³/mol. The largest absolute Gasteiger partial charge is 0.481 e. The molecule has 1 aromatic rings. The lowest BCUT2D eigenvalue weighted by Gasteiger charge is -2.08. The number of rotatable bonds is 4. The van der Waals surface area contributed by atoms with Gasteiger partial charge in [0, 0.05) is 9.37 Å². The first kappa shape index (κ1) is 12.6. The van der Waals surface area contributed by atoms with Gasteiger partial charge in [0.15, 0.2) is 0 Å². The van der Waals surface area contributed by atoms with Crippen molar-refractivity contribution < 1.29 is 9.90 Å². The number of thioether (sulfide) groups is 1. The third-order valence-corrected chi connectivity index (χ3v) is 3.30. The molecule has 0 aromatic heterocycles. The highest BCUT2D eigenvalue weighted by atomic mass is 79.9. The Balaban J connectivity index is 2.85. The molecule has 0 saturated carbocycles. The molecule has 0 aliphatic rings. The van der Waals surface area contributed by atoms with E-state index in [1.807, 2.05) is 24.5 Å². The van der Waals surface area contributed by atoms with Gasteiger partial charge in [-0.2, -0.15) is 0 Å². The second kappa shape index (κ2) is 5.56. The average Bonchev–Trinajstić information content (AvgIpc) is 2.16. The van der Waals surface area contributed by atoms with Crippen molar-refractivity contribution >= 4 is 33.7 Å². The molecule has 0 radical (unpaired) electrons. The van der Waals surface area contributed by atoms with Crippen molar-refractivity contribution in [3.63, 3.8) is 0 Å². The Hall–Kier alpha value is -0.480. The van der Waals surface area contributed by atoms with Gasteiger partial charge in [-0.1, -0.05) is 22.9 Å². The Morgan fingerprint density at radius 3 is 2.73 bits per heavy atom. The molecule has 0 amide bonds. The summed E-state index contributed by atoms with van der Waals surface area (Å²) in [4.78, 5) is 11.9. The summed E-state index contributed by atoms with van der Waals surface area (Å²) in [6.45, 7) is 1.72. The van der Waals surface area contributed by atoms with Gasteiger partial charge in [0.2, 0.25) is 0 Å². The number of carbonyl (C=O) groups is 1. The molecular formula is C11H13BrO2S. The second-order valence-corrected chi connectivity index (χ2v) is 5.24. The van der Waals surface area contributed by atoms with Crippen molar-refractivity contribution in [2.45, 2.75) is 18.2 Å². The Kier molecular flexibility index (Phi) is 4.67. The first-order valence-electron chi connectivity index (χ1n) is 4.59. The number of halogens is 1. The lowest BCUT2D eigenvalue weighted by Crippen LogP contribution is -2.12. The topological polar surface area (TPSA) is 37.3 Å². The van der Waals surface area contributed by atoms with E-state index in [4.69, 9.17) is 5.11 Å². The normalized spacial score (nSPS) is 12.5. The van der Waals surface area contributed by atoms with E-state index in [0.29, 0.717) is 6.42 Å². The van der Waals surface area contributed by atoms with Gasteiger partial charge in [-0.3, -0.25) is 4.79 Å². The molecule has 1 unspecified atom stereocenters. The van der Waals surface area contributed by atoms with Crippen LogP contribution in [-0.4, -0.2) is 17.3 Å². The molecule has 0 spiro atoms. The summed E-state index contributed by atoms with van der Waals surface area (Å²) in [7, 11) is 0. The quantitative estimate of drug-likeness (QED) is 0.863. The molecule has 1 N–H and O–H groups in total. The van der Waals surface area contributed by atoms with Gasteiger partial charge in [-0.25, -0.2) is 0 Å². The van der Waals surface area contributed by atoms with Crippen molar-refractivity contribution in [3.05, 3.63) is 28.2 Å². The van der Waals surface area contributed by atoms with Crippen LogP contribution in [0.4, 0.5) is 0 Å². The summed E-state index contributed by atoms with van der Waals surface area (Å²) >= 11 is 5.08. The van der Waals surface area contributed by atoms with Crippen molar-refractivity contribution in [3.8, 4) is 0 Å². The zero-order valence-electron chi connectivity index (χ0n) is 8.66. The van der Waals surface area contributed by atoms with Crippen LogP contribution >= 0.6 is 27.7 Å². The smallest absolute Gasteiger partial charge is 0.306 e. The van der Waals surface area contributed by atoms with E-state index in [1.54, 1.807) is 18.7 Å². The van der Waals surface area contributed by atoms with Crippen LogP contribution in [0.5, 0.6) is 0 Å². The fraction of sp³-hybridized carbons (Fsp3) is 0.364. The van der Waals surface area contributed by atoms with E-state index in [9.17, 15) is 4.79 Å². The number of carboxylic acid groups (broad SMARTS) is 1. The van der Waals surface area contributed by atoms with Crippen LogP contribution < -0.4 is 0 Å². The minimum Gasteiger partial charge on any atom is -0.481 e. The number of benzene rings is 1. The molecule has 0 aliphatic carbocycles. The molecule has 15 heavy (non-hydrogen) atoms. The Morgan fingerprint density at radius 1 is 1.53 bits per heavy atom. The van der Waals surface area contributed by atoms with E-state index in [1.165, 1.54) is 0 Å². The predicted octanol–water partition coefficient (Wildman–Crippen LogP) is 3.43. The third kappa shape index (κ3) is 3.87. The number of hydrogen-bond donors (Lipinski definition) is 1. The van der Waals surface area contributed by atoms with Gasteiger partial charge >= 0.3 is 5.97 Å². The van der Waals surface area contributed by atoms with Gasteiger partial charge in [-0.05, 0) is 36.4 Å². The van der Waals surface area contributed by atoms with E-state index in [-0.39, 0.29) is 5.92 Å². The minimum atomic E-state index is -0.749. The lowest BCUT2D eigenvalue weighted by atomic mass is 10.0. The van der Waals surface area contributed by atoms with Crippen LogP contribution in [-0.2, 0) is 11.2 Å². The van der Waals surface area contributed by atoms with Crippen molar-refractivity contribution in [2.75, 3.05) is 6.26 Å². The van der Waals surface area contributed by atoms with Crippen LogP contribution in [0.2, 0.25) is 0 Å². The second-order valence-electron chi connectivity index (χ2n) is 3.44. The van der Waals surface area contributed by atoms with Crippen LogP contribution in [0.25, 0.3) is 0 Å². The summed E-state index contributed by atoms with van der Waals surface area (Å²) in [6, 6.07) is 6.04. The third-order valence-electron chi connectivity index (χ3n) is 2.13. The van der Waals surface area contributed by atoms with Crippen LogP contribution in [0, 0.1) is 5.92 Å². The fourth-order valence-corrected chi connectivity index (χ4v) is 2.50. The van der Waals surface area contributed by atoms with Crippen molar-refractivity contribution in [2.24, 2.45) is 5.92 Å². The van der Waals surface area contributed by atoms with Crippen LogP contribution in [0.15, 0.2) is 27.6 Å². The first-order chi connectivity index (χ1) is 7.02. The average molecular weight is 289 g/mol. The molecule has 1 rings (SSSR count). The summed E-state index contributed by atoms with van der Waals surface area (Å²) in [5.74, 6) is -1.09. The monoisotopic (exact) mass is 288 g/mol. The van der Waals surface area contributed by atoms with Gasteiger partial charge in [0.1, 0.15) is 0 Å². The van der Waals surface area contributed by atoms with E-state index >= 15 is 0 Å². The minimum absolute atomic E-state index is 0.339. The maximum absolute atomic E-state index is 10.7. The van der Waals surface area contributed by atoms with Crippen LogP contribution in [0.1, 0.15) is 12.5 Å². The molecule has 1 aromatic carbocycles. The zero-order chi connectivity index (χ0) is 11.4. The number of aliphatic carboxylic acids is 1. The Morgan fingerprint density at radius 2 is 2.20 bits per heavy atom. The number of carboxylic acids is 1. The molecule has 0 fully saturated rings. The maximum Gasteiger partial charge on any atom is 0.306 e. The molecule has 0 aliphatic heterocycles. The molecule has 0 saturated heterocycles. The van der Waals surface area contributed by atoms with Crippen LogP contribution in [0.3, 0.4) is 0 Å². The fourth-order valence-electron chi connectivity index (χ4n) is 1.30. The molecule has 4 heteroatoms. The van der Waals surface area contributed by atoms with Gasteiger partial charge in [0.05, 0.1) is 5.92 Å². The summed E-state index contributed by atoms with van der Waals surface area (Å²) < 4.78 is 1.00. The van der Waals surface area contributed by atoms with Gasteiger partial charge < -0.3 is 5.11 Å². The molecule has 1 atom stereocenters. The van der Waals surface area contributed by atoms with Gasteiger partial charge in [0.25, 0.3) is 0 Å². The Bertz CT molecular complexity index is 366. The lowest BCUT2D eigenvalue weighted by molar-refractivity contribution is -0.141. The van der Waals surface area contributed by atoms with E-state index < -0.39 is 5.97 Å². The molecule has 0 heterocycles. The molecular weight excluding hydrogens is 276 g/mol. The van der Waals surface area contributed by atoms with Crippen molar-refractivity contribution in [1.29, 1.82) is 0 Å². The number of hydrogen-bond acceptors (Lipinski definition) is 2. The van der Waals surface area contributed by atoms with Gasteiger partial charge in [-0.15, -0.1) is 11.8 Å². The van der Waals surface area contributed by atoms with Crippen molar-refractivity contribution in [1.82, 2.24) is 0 Å². The molecule has 2 nitrogen and oxygen atoms in total. The summed E-state index contributed by atoms with van der Waals surface area (Å²) in [6.07, 6.45) is 2.58. The Labute approximate surface area is 102 Å². The molecule has 0 bridgehead atoms. The zero-order valence-corrected chi connectivity index (χ0v) is 11.1. The highest BCUT2D eigenvalue weighted by Crippen LogP contribution is 2.24. The van der Waals surface area contributed by atoms with E-state index in [2.05, 4.69) is 15.9 Å². The standard InChI is InChI=1S/C11H13BrO2S/c1-7(11(13)14)3-8-4-9(12)6-10(5-8)15-2/h4-7H,3H2,1-2H3,(H,13,14). The summed E-state index contributed by atoms with van der Waals surface area (Å²) in [5.41, 5.74) is 1.06.